The fraction of sp³-hybridized carbons (Fsp3) is 0.154. The van der Waals surface area contributed by atoms with Crippen molar-refractivity contribution in [1.82, 2.24) is 8.54 Å². The highest BCUT2D eigenvalue weighted by atomic mass is 32.2. The van der Waals surface area contributed by atoms with Crippen LogP contribution in [-0.4, -0.2) is 30.2 Å². The van der Waals surface area contributed by atoms with Crippen molar-refractivity contribution < 1.29 is 22.3 Å². The maximum absolute atomic E-state index is 14.1. The lowest BCUT2D eigenvalue weighted by Gasteiger charge is -2.10. The van der Waals surface area contributed by atoms with Gasteiger partial charge in [0.1, 0.15) is 0 Å². The molecular formula is C13H12FN3O5S. The van der Waals surface area contributed by atoms with Gasteiger partial charge in [-0.25, -0.2) is 22.4 Å². The summed E-state index contributed by atoms with van der Waals surface area (Å²) in [4.78, 5) is 26.4. The molecule has 0 saturated carbocycles. The van der Waals surface area contributed by atoms with Crippen molar-refractivity contribution in [2.24, 2.45) is 12.0 Å². The largest absolute Gasteiger partial charge is 0.451 e. The molecule has 0 N–H and O–H groups in total. The summed E-state index contributed by atoms with van der Waals surface area (Å²) in [6.45, 7) is 0. The summed E-state index contributed by atoms with van der Waals surface area (Å²) >= 11 is 0. The number of hydrogen-bond acceptors (Lipinski definition) is 5. The second kappa shape index (κ2) is 6.16. The molecule has 0 fully saturated rings. The van der Waals surface area contributed by atoms with Gasteiger partial charge in [-0.15, -0.1) is 0 Å². The first-order chi connectivity index (χ1) is 10.8. The second-order valence-corrected chi connectivity index (χ2v) is 6.15. The number of aromatic nitrogens is 2. The molecule has 0 aliphatic carbocycles. The van der Waals surface area contributed by atoms with Crippen molar-refractivity contribution in [3.05, 3.63) is 58.3 Å². The smallest absolute Gasteiger partial charge is 0.435 e. The summed E-state index contributed by atoms with van der Waals surface area (Å²) in [5, 5.41) is 0. The summed E-state index contributed by atoms with van der Waals surface area (Å²) in [6, 6.07) is 7.07. The van der Waals surface area contributed by atoms with Crippen molar-refractivity contribution >= 4 is 16.1 Å². The predicted molar refractivity (Wildman–Crippen MR) is 76.6 cm³/mol. The van der Waals surface area contributed by atoms with E-state index in [1.54, 1.807) is 6.07 Å². The van der Waals surface area contributed by atoms with E-state index in [-0.39, 0.29) is 8.87 Å². The fourth-order valence-electron chi connectivity index (χ4n) is 1.75. The molecule has 10 heteroatoms. The van der Waals surface area contributed by atoms with E-state index >= 15 is 0 Å². The third kappa shape index (κ3) is 3.06. The zero-order chi connectivity index (χ0) is 17.2. The van der Waals surface area contributed by atoms with Crippen LogP contribution in [0, 0.1) is 5.82 Å². The van der Waals surface area contributed by atoms with Crippen molar-refractivity contribution in [2.45, 2.75) is 4.90 Å². The molecule has 23 heavy (non-hydrogen) atoms. The van der Waals surface area contributed by atoms with Crippen LogP contribution < -0.4 is 11.2 Å². The lowest BCUT2D eigenvalue weighted by Crippen LogP contribution is -2.42. The van der Waals surface area contributed by atoms with E-state index in [1.165, 1.54) is 24.3 Å². The Hall–Kier alpha value is -2.75. The third-order valence-corrected chi connectivity index (χ3v) is 4.56. The Morgan fingerprint density at radius 2 is 1.87 bits per heavy atom. The molecule has 122 valence electrons. The molecule has 1 aromatic carbocycles. The molecule has 0 saturated heterocycles. The second-order valence-electron chi connectivity index (χ2n) is 4.34. The van der Waals surface area contributed by atoms with Crippen LogP contribution in [0.2, 0.25) is 0 Å². The van der Waals surface area contributed by atoms with E-state index in [1.807, 2.05) is 0 Å². The molecule has 0 radical (unpaired) electrons. The van der Waals surface area contributed by atoms with Crippen LogP contribution in [-0.2, 0) is 21.8 Å². The molecule has 0 unspecified atom stereocenters. The molecule has 2 aromatic rings. The number of carbonyl (C=O) groups excluding carboxylic acids is 1. The van der Waals surface area contributed by atoms with E-state index in [4.69, 9.17) is 0 Å². The minimum absolute atomic E-state index is 0.181. The van der Waals surface area contributed by atoms with Crippen molar-refractivity contribution in [3.8, 4) is 0 Å². The number of hydrogen-bond donors (Lipinski definition) is 0. The summed E-state index contributed by atoms with van der Waals surface area (Å²) in [7, 11) is -2.16. The maximum Gasteiger partial charge on any atom is 0.435 e. The van der Waals surface area contributed by atoms with Gasteiger partial charge in [0, 0.05) is 7.05 Å². The zero-order valence-corrected chi connectivity index (χ0v) is 12.9. The van der Waals surface area contributed by atoms with Gasteiger partial charge in [-0.1, -0.05) is 18.2 Å². The van der Waals surface area contributed by atoms with E-state index in [0.29, 0.717) is 10.8 Å². The molecule has 2 rings (SSSR count). The Balaban J connectivity index is 2.76. The molecule has 0 aliphatic heterocycles. The average Bonchev–Trinajstić information content (AvgIpc) is 2.55. The van der Waals surface area contributed by atoms with E-state index in [9.17, 15) is 22.4 Å². The summed E-state index contributed by atoms with van der Waals surface area (Å²) < 4.78 is 44.0. The average molecular weight is 341 g/mol. The lowest BCUT2D eigenvalue weighted by molar-refractivity contribution is 0.181. The standard InChI is InChI=1S/C13H12FN3O5S/c1-16-11(15-12(18)22-2)10(14)8-17(13(16)19)23(20,21)9-6-4-3-5-7-9/h3-8H,1-2H3/b15-11+. The van der Waals surface area contributed by atoms with Gasteiger partial charge < -0.3 is 4.74 Å². The molecular weight excluding hydrogens is 329 g/mol. The number of benzene rings is 1. The maximum atomic E-state index is 14.1. The van der Waals surface area contributed by atoms with Gasteiger partial charge in [0.2, 0.25) is 0 Å². The van der Waals surface area contributed by atoms with E-state index < -0.39 is 33.1 Å². The van der Waals surface area contributed by atoms with Crippen molar-refractivity contribution in [1.29, 1.82) is 0 Å². The quantitative estimate of drug-likeness (QED) is 0.778. The van der Waals surface area contributed by atoms with Gasteiger partial charge >= 0.3 is 11.8 Å². The highest BCUT2D eigenvalue weighted by Gasteiger charge is 2.21. The van der Waals surface area contributed by atoms with E-state index in [0.717, 1.165) is 14.2 Å². The molecule has 1 aromatic heterocycles. The Morgan fingerprint density at radius 1 is 1.26 bits per heavy atom. The molecule has 1 amide bonds. The van der Waals surface area contributed by atoms with Gasteiger partial charge in [0.05, 0.1) is 18.2 Å². The topological polar surface area (TPSA) is 99.7 Å². The minimum atomic E-state index is -4.28. The summed E-state index contributed by atoms with van der Waals surface area (Å²) in [5.74, 6) is -1.17. The Bertz CT molecular complexity index is 977. The Morgan fingerprint density at radius 3 is 2.43 bits per heavy atom. The highest BCUT2D eigenvalue weighted by Crippen LogP contribution is 2.10. The number of amides is 1. The first kappa shape index (κ1) is 16.6. The summed E-state index contributed by atoms with van der Waals surface area (Å²) in [6.07, 6.45) is -0.658. The van der Waals surface area contributed by atoms with Gasteiger partial charge in [-0.2, -0.15) is 8.96 Å². The van der Waals surface area contributed by atoms with Crippen molar-refractivity contribution in [2.75, 3.05) is 7.11 Å². The molecule has 0 spiro atoms. The number of ether oxygens (including phenoxy) is 1. The number of halogens is 1. The Labute approximate surface area is 130 Å². The van der Waals surface area contributed by atoms with Gasteiger partial charge in [0.15, 0.2) is 11.3 Å². The monoisotopic (exact) mass is 341 g/mol. The highest BCUT2D eigenvalue weighted by molar-refractivity contribution is 7.90. The molecule has 0 atom stereocenters. The summed E-state index contributed by atoms with van der Waals surface area (Å²) in [5.41, 5.74) is -1.72. The minimum Gasteiger partial charge on any atom is -0.451 e. The molecule has 0 bridgehead atoms. The van der Waals surface area contributed by atoms with E-state index in [2.05, 4.69) is 9.73 Å². The number of rotatable bonds is 2. The van der Waals surface area contributed by atoms with Crippen LogP contribution >= 0.6 is 0 Å². The third-order valence-electron chi connectivity index (χ3n) is 2.91. The number of methoxy groups -OCH3 is 1. The normalized spacial score (nSPS) is 12.2. The first-order valence-electron chi connectivity index (χ1n) is 6.20. The molecule has 0 aliphatic rings. The molecule has 8 nitrogen and oxygen atoms in total. The Kier molecular flexibility index (Phi) is 4.45. The lowest BCUT2D eigenvalue weighted by atomic mass is 10.4. The van der Waals surface area contributed by atoms with Gasteiger partial charge in [-0.05, 0) is 12.1 Å². The van der Waals surface area contributed by atoms with Gasteiger partial charge in [-0.3, -0.25) is 4.57 Å². The fourth-order valence-corrected chi connectivity index (χ4v) is 3.04. The van der Waals surface area contributed by atoms with Crippen LogP contribution in [0.1, 0.15) is 0 Å². The van der Waals surface area contributed by atoms with Crippen LogP contribution in [0.25, 0.3) is 0 Å². The van der Waals surface area contributed by atoms with Crippen LogP contribution in [0.5, 0.6) is 0 Å². The number of carbonyl (C=O) groups is 1. The van der Waals surface area contributed by atoms with Crippen LogP contribution in [0.3, 0.4) is 0 Å². The zero-order valence-electron chi connectivity index (χ0n) is 12.1. The van der Waals surface area contributed by atoms with Crippen LogP contribution in [0.15, 0.2) is 51.2 Å². The predicted octanol–water partition coefficient (Wildman–Crippen LogP) is 0.230. The number of nitrogens with zero attached hydrogens (tertiary/aromatic N) is 3. The molecule has 1 heterocycles. The van der Waals surface area contributed by atoms with Crippen molar-refractivity contribution in [3.63, 3.8) is 0 Å². The first-order valence-corrected chi connectivity index (χ1v) is 7.64. The SMILES string of the molecule is COC(=O)/N=c1\c(F)cn(S(=O)(=O)c2ccccc2)c(=O)n1C. The van der Waals surface area contributed by atoms with Gasteiger partial charge in [0.25, 0.3) is 10.0 Å². The van der Waals surface area contributed by atoms with Crippen LogP contribution in [0.4, 0.5) is 9.18 Å².